The Morgan fingerprint density at radius 1 is 0.416 bits per heavy atom. The van der Waals surface area contributed by atoms with Crippen LogP contribution in [0, 0.1) is 0 Å². The average molecular weight is 1520 g/mol. The molecule has 0 atom stereocenters. The first-order valence-corrected chi connectivity index (χ1v) is 35.1. The highest BCUT2D eigenvalue weighted by Crippen LogP contribution is 2.32. The Labute approximate surface area is 647 Å². The molecule has 0 bridgehead atoms. The van der Waals surface area contributed by atoms with Crippen LogP contribution in [0.1, 0.15) is 41.5 Å². The van der Waals surface area contributed by atoms with Gasteiger partial charge in [-0.25, -0.2) is 67.6 Å². The second-order valence-corrected chi connectivity index (χ2v) is 26.8. The summed E-state index contributed by atoms with van der Waals surface area (Å²) in [5.41, 5.74) is 23.1. The van der Waals surface area contributed by atoms with Gasteiger partial charge in [-0.3, -0.25) is 18.9 Å². The molecule has 0 aliphatic carbocycles. The van der Waals surface area contributed by atoms with E-state index in [1.54, 1.807) is 177 Å². The fourth-order valence-electron chi connectivity index (χ4n) is 11.4. The van der Waals surface area contributed by atoms with E-state index >= 15 is 0 Å². The van der Waals surface area contributed by atoms with Crippen LogP contribution in [0.25, 0.3) is 61.9 Å². The van der Waals surface area contributed by atoms with Crippen LogP contribution >= 0.6 is 0 Å². The molecule has 30 nitrogen and oxygen atoms in total. The maximum absolute atomic E-state index is 13.9. The van der Waals surface area contributed by atoms with E-state index in [-0.39, 0.29) is 23.1 Å². The highest BCUT2D eigenvalue weighted by atomic mass is 16.6. The van der Waals surface area contributed by atoms with E-state index in [1.807, 2.05) is 122 Å². The fourth-order valence-corrected chi connectivity index (χ4v) is 11.4. The molecule has 15 aromatic rings. The summed E-state index contributed by atoms with van der Waals surface area (Å²) in [6.07, 6.45) is 2.95. The highest BCUT2D eigenvalue weighted by molar-refractivity contribution is 6.17. The van der Waals surface area contributed by atoms with E-state index in [0.717, 1.165) is 22.9 Å². The van der Waals surface area contributed by atoms with Crippen LogP contribution in [0.4, 0.5) is 44.1 Å². The van der Waals surface area contributed by atoms with Crippen molar-refractivity contribution in [2.45, 2.75) is 52.7 Å². The maximum atomic E-state index is 13.9. The van der Waals surface area contributed by atoms with Gasteiger partial charge in [0.15, 0.2) is 34.4 Å². The first-order chi connectivity index (χ1) is 54.3. The van der Waals surface area contributed by atoms with E-state index in [4.69, 9.17) is 50.6 Å². The largest absolute Gasteiger partial charge is 0.569 e. The number of ether oxygens (including phenoxy) is 5. The van der Waals surface area contributed by atoms with Crippen molar-refractivity contribution >= 4 is 87.9 Å². The molecular formula is C82H78BN18O12. The number of nitrogens with two attached hydrogens (primary N) is 3. The fraction of sp³-hybridized carbons (Fsp3) is 0.134. The quantitative estimate of drug-likeness (QED) is 0.0489. The molecule has 0 saturated carbocycles. The number of hydrogen-bond acceptors (Lipinski definition) is 22. The third-order valence-electron chi connectivity index (χ3n) is 16.6. The number of para-hydroxylation sites is 3. The van der Waals surface area contributed by atoms with E-state index in [9.17, 15) is 24.0 Å². The zero-order valence-corrected chi connectivity index (χ0v) is 62.8. The summed E-state index contributed by atoms with van der Waals surface area (Å²) in [5, 5.41) is 11.5. The molecule has 15 rings (SSSR count). The number of benzene rings is 9. The third kappa shape index (κ3) is 18.4. The van der Waals surface area contributed by atoms with Crippen LogP contribution in [-0.2, 0) is 9.47 Å². The number of amides is 2. The number of H-pyrrole nitrogens is 1. The number of nitrogens with zero attached hydrogens (tertiary/aromatic N) is 13. The molecule has 0 unspecified atom stereocenters. The molecule has 0 spiro atoms. The average Bonchev–Trinajstić information content (AvgIpc) is 1.68. The standard InChI is InChI=1S/C29H28N6O4.C24H20N6O2.C17H20N6O3.C12H10BO3/c1-29(2,3)39-28(37)33(4)20-9-8-10-21(17-20)35-26-24(25(30)31-18-32-26)34(27(35)36)19-13-15-23(16-14-19)38-22-11-6-5-7-12-22;1-26-16-6-5-7-18(14-16)30-23-21(22(25)27-15-28-23)29(24(30)31)17-10-12-20(13-11-17)32-19-8-3-2-4-9-19;1-17(2,3)26-16(25)22(4)10-6-5-7-11(8-10)23-14-12(21-15(23)24)13(18)19-9-20-14;14-13-16-12-8-6-11(7-9-12)15-10-4-2-1-3-5-10/h5-18H,1-4H3,(H2,30,31,32);2-15,26H,1H3,(H2,25,27,28);5-9H,1-4H3,(H,21,24)(H2,18,19,20);1-9,14H. The molecule has 0 saturated heterocycles. The smallest absolute Gasteiger partial charge is 0.537 e. The van der Waals surface area contributed by atoms with Crippen LogP contribution in [0.2, 0.25) is 0 Å². The van der Waals surface area contributed by atoms with E-state index in [0.29, 0.717) is 104 Å². The Morgan fingerprint density at radius 2 is 0.770 bits per heavy atom. The van der Waals surface area contributed by atoms with Gasteiger partial charge >= 0.3 is 36.9 Å². The predicted molar refractivity (Wildman–Crippen MR) is 435 cm³/mol. The predicted octanol–water partition coefficient (Wildman–Crippen LogP) is 13.8. The summed E-state index contributed by atoms with van der Waals surface area (Å²) in [6, 6.07) is 71.1. The second-order valence-electron chi connectivity index (χ2n) is 26.8. The van der Waals surface area contributed by atoms with Crippen molar-refractivity contribution in [3.63, 3.8) is 0 Å². The Hall–Kier alpha value is -15.0. The number of carbonyl (C=O) groups excluding carboxylic acids is 2. The number of aromatic amines is 1. The van der Waals surface area contributed by atoms with Crippen LogP contribution in [0.5, 0.6) is 40.2 Å². The zero-order valence-electron chi connectivity index (χ0n) is 62.8. The van der Waals surface area contributed by atoms with Gasteiger partial charge in [0.05, 0.1) is 28.4 Å². The molecule has 31 heteroatoms. The number of hydrogen-bond donors (Lipinski definition) is 6. The lowest BCUT2D eigenvalue weighted by Crippen LogP contribution is -2.34. The Morgan fingerprint density at radius 3 is 1.17 bits per heavy atom. The monoisotopic (exact) mass is 1520 g/mol. The van der Waals surface area contributed by atoms with E-state index < -0.39 is 34.8 Å². The summed E-state index contributed by atoms with van der Waals surface area (Å²) in [4.78, 5) is 95.1. The number of carbonyl (C=O) groups is 2. The lowest BCUT2D eigenvalue weighted by Gasteiger charge is -2.25. The summed E-state index contributed by atoms with van der Waals surface area (Å²) >= 11 is 0. The molecule has 9 aromatic carbocycles. The van der Waals surface area contributed by atoms with Crippen molar-refractivity contribution in [2.24, 2.45) is 0 Å². The molecule has 0 aliphatic rings. The van der Waals surface area contributed by atoms with Gasteiger partial charge in [-0.1, -0.05) is 72.8 Å². The van der Waals surface area contributed by atoms with Gasteiger partial charge in [0, 0.05) is 38.2 Å². The molecule has 0 aliphatic heterocycles. The van der Waals surface area contributed by atoms with Crippen LogP contribution < -0.4 is 68.3 Å². The molecule has 6 aromatic heterocycles. The molecule has 9 N–H and O–H groups in total. The zero-order chi connectivity index (χ0) is 80.1. The molecular weight excluding hydrogens is 1440 g/mol. The van der Waals surface area contributed by atoms with Gasteiger partial charge in [-0.15, -0.1) is 0 Å². The number of nitrogen functional groups attached to an aromatic ring is 3. The Balaban J connectivity index is 0.000000145. The van der Waals surface area contributed by atoms with Crippen molar-refractivity contribution in [3.05, 3.63) is 287 Å². The van der Waals surface area contributed by atoms with Crippen molar-refractivity contribution in [2.75, 3.05) is 53.5 Å². The number of rotatable bonds is 16. The Kier molecular flexibility index (Phi) is 23.4. The van der Waals surface area contributed by atoms with Gasteiger partial charge in [0.1, 0.15) is 87.0 Å². The maximum Gasteiger partial charge on any atom is 0.569 e. The summed E-state index contributed by atoms with van der Waals surface area (Å²) in [6.45, 7) is 10.8. The van der Waals surface area contributed by atoms with Crippen molar-refractivity contribution in [1.29, 1.82) is 0 Å². The van der Waals surface area contributed by atoms with Crippen molar-refractivity contribution < 1.29 is 43.0 Å². The summed E-state index contributed by atoms with van der Waals surface area (Å²) in [5.74, 6) is 5.33. The van der Waals surface area contributed by atoms with Gasteiger partial charge in [0.25, 0.3) is 0 Å². The second kappa shape index (κ2) is 34.1. The highest BCUT2D eigenvalue weighted by Gasteiger charge is 2.26. The molecule has 6 heterocycles. The minimum absolute atomic E-state index is 0.155. The molecule has 2 amide bonds. The lowest BCUT2D eigenvalue weighted by molar-refractivity contribution is 0.0578. The number of aromatic nitrogens is 12. The minimum atomic E-state index is -0.649. The first kappa shape index (κ1) is 77.6. The summed E-state index contributed by atoms with van der Waals surface area (Å²) < 4.78 is 40.3. The first-order valence-electron chi connectivity index (χ1n) is 35.1. The van der Waals surface area contributed by atoms with E-state index in [1.165, 1.54) is 51.6 Å². The van der Waals surface area contributed by atoms with E-state index in [2.05, 4.69) is 40.2 Å². The number of imidazole rings is 3. The number of anilines is 6. The SMILES string of the molecule is CN(C(=O)OC(C)(C)C)c1cccc(-n2c(=O)[nH]c3c(N)ncnc32)c1.CN(C(=O)OC(C)(C)C)c1cccc(-n2c(=O)n(-c3ccc(Oc4ccccc4)cc3)c3c(N)ncnc32)c1.CNc1cccc(-n2c(=O)n(-c3ccc(Oc4ccccc4)cc3)c3c(N)ncnc32)c1.O[B]Oc1ccc(Oc2ccccc2)cc1. The molecule has 113 heavy (non-hydrogen) atoms. The third-order valence-corrected chi connectivity index (χ3v) is 16.6. The normalized spacial score (nSPS) is 11.0. The van der Waals surface area contributed by atoms with Crippen LogP contribution in [-0.4, -0.2) is 115 Å². The number of fused-ring (bicyclic) bond motifs is 3. The van der Waals surface area contributed by atoms with Gasteiger partial charge in [0.2, 0.25) is 0 Å². The van der Waals surface area contributed by atoms with Crippen molar-refractivity contribution in [3.8, 4) is 68.7 Å². The number of nitrogens with one attached hydrogen (secondary N) is 2. The van der Waals surface area contributed by atoms with Gasteiger partial charge < -0.3 is 60.9 Å². The van der Waals surface area contributed by atoms with Gasteiger partial charge in [-0.2, -0.15) is 0 Å². The topological polar surface area (TPSA) is 375 Å². The summed E-state index contributed by atoms with van der Waals surface area (Å²) in [7, 11) is 5.68. The minimum Gasteiger partial charge on any atom is -0.537 e. The van der Waals surface area contributed by atoms with Crippen molar-refractivity contribution in [1.82, 2.24) is 57.7 Å². The molecule has 1 radical (unpaired) electrons. The van der Waals surface area contributed by atoms with Crippen LogP contribution in [0.3, 0.4) is 0 Å². The molecule has 571 valence electrons. The van der Waals surface area contributed by atoms with Gasteiger partial charge in [-0.05, 0) is 205 Å². The molecule has 0 fully saturated rings. The van der Waals surface area contributed by atoms with Crippen LogP contribution in [0.15, 0.2) is 270 Å². The Bertz CT molecular complexity index is 6030. The lowest BCUT2D eigenvalue weighted by atomic mass is 10.2.